The number of aryl methyl sites for hydroxylation is 1. The van der Waals surface area contributed by atoms with Crippen LogP contribution in [0.5, 0.6) is 0 Å². The molecule has 1 nitrogen and oxygen atoms in total. The predicted octanol–water partition coefficient (Wildman–Crippen LogP) is 2.54. The molecule has 1 aromatic rings. The molecule has 0 saturated heterocycles. The molecule has 0 unspecified atom stereocenters. The van der Waals surface area contributed by atoms with E-state index in [0.29, 0.717) is 5.92 Å². The van der Waals surface area contributed by atoms with Gasteiger partial charge in [-0.2, -0.15) is 0 Å². The van der Waals surface area contributed by atoms with Gasteiger partial charge >= 0.3 is 0 Å². The number of aliphatic hydroxyl groups excluding tert-OH is 1. The van der Waals surface area contributed by atoms with Crippen molar-refractivity contribution < 1.29 is 5.11 Å². The van der Waals surface area contributed by atoms with Crippen LogP contribution in [-0.2, 0) is 6.42 Å². The summed E-state index contributed by atoms with van der Waals surface area (Å²) in [5.41, 5.74) is 4.19. The lowest BCUT2D eigenvalue weighted by atomic mass is 9.84. The molecule has 0 fully saturated rings. The van der Waals surface area contributed by atoms with Crippen LogP contribution in [0.25, 0.3) is 0 Å². The third kappa shape index (κ3) is 0.969. The normalized spacial score (nSPS) is 30.2. The molecule has 1 aromatic carbocycles. The van der Waals surface area contributed by atoms with E-state index in [2.05, 4.69) is 18.2 Å². The molecule has 1 heteroatoms. The van der Waals surface area contributed by atoms with Crippen LogP contribution in [0.1, 0.15) is 48.0 Å². The zero-order chi connectivity index (χ0) is 8.84. The zero-order valence-electron chi connectivity index (χ0n) is 7.66. The number of rotatable bonds is 0. The van der Waals surface area contributed by atoms with Crippen LogP contribution in [0, 0.1) is 0 Å². The minimum Gasteiger partial charge on any atom is -0.388 e. The Morgan fingerprint density at radius 2 is 2.23 bits per heavy atom. The van der Waals surface area contributed by atoms with Gasteiger partial charge in [-0.1, -0.05) is 18.2 Å². The van der Waals surface area contributed by atoms with Crippen LogP contribution >= 0.6 is 0 Å². The van der Waals surface area contributed by atoms with E-state index in [1.54, 1.807) is 0 Å². The molecule has 0 amide bonds. The molecule has 2 atom stereocenters. The zero-order valence-corrected chi connectivity index (χ0v) is 7.66. The van der Waals surface area contributed by atoms with Gasteiger partial charge in [0.15, 0.2) is 0 Å². The minimum absolute atomic E-state index is 0.182. The highest BCUT2D eigenvalue weighted by Crippen LogP contribution is 2.47. The quantitative estimate of drug-likeness (QED) is 0.640. The molecular formula is C12H14O. The van der Waals surface area contributed by atoms with Crippen molar-refractivity contribution in [3.05, 3.63) is 34.9 Å². The molecule has 1 N–H and O–H groups in total. The molecule has 0 aromatic heterocycles. The first kappa shape index (κ1) is 7.57. The van der Waals surface area contributed by atoms with Gasteiger partial charge in [0, 0.05) is 0 Å². The second-order valence-corrected chi connectivity index (χ2v) is 4.26. The highest BCUT2D eigenvalue weighted by Gasteiger charge is 2.33. The summed E-state index contributed by atoms with van der Waals surface area (Å²) in [4.78, 5) is 0. The maximum Gasteiger partial charge on any atom is 0.0798 e. The molecule has 2 aliphatic rings. The molecule has 0 saturated carbocycles. The summed E-state index contributed by atoms with van der Waals surface area (Å²) in [6.45, 7) is 0. The summed E-state index contributed by atoms with van der Waals surface area (Å²) in [6.07, 6.45) is 4.58. The maximum atomic E-state index is 9.84. The van der Waals surface area contributed by atoms with Gasteiger partial charge in [-0.05, 0) is 48.3 Å². The van der Waals surface area contributed by atoms with Gasteiger partial charge in [-0.3, -0.25) is 0 Å². The largest absolute Gasteiger partial charge is 0.388 e. The Morgan fingerprint density at radius 3 is 3.15 bits per heavy atom. The van der Waals surface area contributed by atoms with Crippen molar-refractivity contribution in [2.24, 2.45) is 0 Å². The smallest absolute Gasteiger partial charge is 0.0798 e. The van der Waals surface area contributed by atoms with E-state index in [1.807, 2.05) is 0 Å². The second kappa shape index (κ2) is 2.58. The summed E-state index contributed by atoms with van der Waals surface area (Å²) >= 11 is 0. The van der Waals surface area contributed by atoms with Gasteiger partial charge in [0.25, 0.3) is 0 Å². The lowest BCUT2D eigenvalue weighted by Crippen LogP contribution is -2.05. The number of benzene rings is 1. The lowest BCUT2D eigenvalue weighted by molar-refractivity contribution is 0.171. The van der Waals surface area contributed by atoms with Gasteiger partial charge in [0.1, 0.15) is 0 Å². The maximum absolute atomic E-state index is 9.84. The van der Waals surface area contributed by atoms with Crippen LogP contribution in [-0.4, -0.2) is 5.11 Å². The van der Waals surface area contributed by atoms with E-state index < -0.39 is 0 Å². The van der Waals surface area contributed by atoms with Gasteiger partial charge in [0.2, 0.25) is 0 Å². The van der Waals surface area contributed by atoms with Crippen LogP contribution in [0.4, 0.5) is 0 Å². The molecule has 3 rings (SSSR count). The Kier molecular flexibility index (Phi) is 1.50. The molecule has 68 valence electrons. The van der Waals surface area contributed by atoms with Gasteiger partial charge in [-0.15, -0.1) is 0 Å². The Bertz CT molecular complexity index is 343. The average molecular weight is 174 g/mol. The standard InChI is InChI=1S/C12H14O/c13-11-7-9-5-1-3-8-4-2-6-10(11)12(8)9/h2,4,6,9,11,13H,1,3,5,7H2/t9-,11-/m0/s1. The van der Waals surface area contributed by atoms with Crippen LogP contribution in [0.2, 0.25) is 0 Å². The van der Waals surface area contributed by atoms with E-state index in [-0.39, 0.29) is 6.10 Å². The molecule has 0 radical (unpaired) electrons. The Morgan fingerprint density at radius 1 is 1.31 bits per heavy atom. The summed E-state index contributed by atoms with van der Waals surface area (Å²) in [5.74, 6) is 0.662. The summed E-state index contributed by atoms with van der Waals surface area (Å²) in [5, 5.41) is 9.84. The number of hydrogen-bond donors (Lipinski definition) is 1. The van der Waals surface area contributed by atoms with E-state index in [1.165, 1.54) is 36.0 Å². The molecular weight excluding hydrogens is 160 g/mol. The van der Waals surface area contributed by atoms with Gasteiger partial charge in [-0.25, -0.2) is 0 Å². The molecule has 0 aliphatic heterocycles. The third-order valence-electron chi connectivity index (χ3n) is 3.50. The molecule has 0 bridgehead atoms. The summed E-state index contributed by atoms with van der Waals surface area (Å²) < 4.78 is 0. The third-order valence-corrected chi connectivity index (χ3v) is 3.50. The van der Waals surface area contributed by atoms with E-state index in [0.717, 1.165) is 6.42 Å². The van der Waals surface area contributed by atoms with Crippen molar-refractivity contribution in [1.29, 1.82) is 0 Å². The van der Waals surface area contributed by atoms with Crippen molar-refractivity contribution in [2.45, 2.75) is 37.7 Å². The molecule has 13 heavy (non-hydrogen) atoms. The topological polar surface area (TPSA) is 20.2 Å². The molecule has 0 spiro atoms. The van der Waals surface area contributed by atoms with Crippen LogP contribution in [0.3, 0.4) is 0 Å². The fraction of sp³-hybridized carbons (Fsp3) is 0.500. The van der Waals surface area contributed by atoms with Crippen molar-refractivity contribution >= 4 is 0 Å². The fourth-order valence-electron chi connectivity index (χ4n) is 2.95. The first-order valence-electron chi connectivity index (χ1n) is 5.16. The SMILES string of the molecule is O[C@H]1C[C@@H]2CCCc3cccc1c32. The summed E-state index contributed by atoms with van der Waals surface area (Å²) in [7, 11) is 0. The summed E-state index contributed by atoms with van der Waals surface area (Å²) in [6, 6.07) is 6.41. The first-order chi connectivity index (χ1) is 6.36. The lowest BCUT2D eigenvalue weighted by Gasteiger charge is -2.20. The van der Waals surface area contributed by atoms with E-state index in [4.69, 9.17) is 0 Å². The van der Waals surface area contributed by atoms with Crippen LogP contribution < -0.4 is 0 Å². The second-order valence-electron chi connectivity index (χ2n) is 4.26. The number of hydrogen-bond acceptors (Lipinski definition) is 1. The minimum atomic E-state index is -0.182. The highest BCUT2D eigenvalue weighted by atomic mass is 16.3. The van der Waals surface area contributed by atoms with Gasteiger partial charge in [0.05, 0.1) is 6.10 Å². The van der Waals surface area contributed by atoms with Crippen molar-refractivity contribution in [3.63, 3.8) is 0 Å². The van der Waals surface area contributed by atoms with Gasteiger partial charge < -0.3 is 5.11 Å². The highest BCUT2D eigenvalue weighted by molar-refractivity contribution is 5.44. The molecule has 2 aliphatic carbocycles. The molecule has 0 heterocycles. The van der Waals surface area contributed by atoms with Crippen molar-refractivity contribution in [3.8, 4) is 0 Å². The van der Waals surface area contributed by atoms with E-state index in [9.17, 15) is 5.11 Å². The fourth-order valence-corrected chi connectivity index (χ4v) is 2.95. The predicted molar refractivity (Wildman–Crippen MR) is 51.7 cm³/mol. The van der Waals surface area contributed by atoms with Crippen molar-refractivity contribution in [2.75, 3.05) is 0 Å². The van der Waals surface area contributed by atoms with E-state index >= 15 is 0 Å². The Hall–Kier alpha value is -0.820. The average Bonchev–Trinajstić information content (AvgIpc) is 2.47. The van der Waals surface area contributed by atoms with Crippen molar-refractivity contribution in [1.82, 2.24) is 0 Å². The monoisotopic (exact) mass is 174 g/mol. The first-order valence-corrected chi connectivity index (χ1v) is 5.16. The Labute approximate surface area is 78.4 Å². The van der Waals surface area contributed by atoms with Crippen LogP contribution in [0.15, 0.2) is 18.2 Å². The Balaban J connectivity index is 2.22. The number of aliphatic hydroxyl groups is 1.